The van der Waals surface area contributed by atoms with Gasteiger partial charge in [-0.2, -0.15) is 5.10 Å². The maximum Gasteiger partial charge on any atom is 0.269 e. The summed E-state index contributed by atoms with van der Waals surface area (Å²) in [5.74, 6) is -0.737. The number of nitrogens with zero attached hydrogens (tertiary/aromatic N) is 3. The fourth-order valence-electron chi connectivity index (χ4n) is 2.99. The minimum Gasteiger partial charge on any atom is -0.327 e. The first kappa shape index (κ1) is 19.5. The van der Waals surface area contributed by atoms with E-state index in [-0.39, 0.29) is 11.6 Å². The van der Waals surface area contributed by atoms with Crippen molar-refractivity contribution in [1.29, 1.82) is 0 Å². The number of non-ortho nitro benzene ring substituents is 1. The van der Waals surface area contributed by atoms with Crippen molar-refractivity contribution in [2.45, 2.75) is 18.9 Å². The number of hydrogen-bond acceptors (Lipinski definition) is 5. The van der Waals surface area contributed by atoms with Crippen LogP contribution < -0.4 is 5.43 Å². The summed E-state index contributed by atoms with van der Waals surface area (Å²) in [5.41, 5.74) is 3.31. The van der Waals surface area contributed by atoms with Gasteiger partial charge in [0.05, 0.1) is 11.1 Å². The van der Waals surface area contributed by atoms with E-state index >= 15 is 0 Å². The van der Waals surface area contributed by atoms with E-state index in [1.54, 1.807) is 24.3 Å². The lowest BCUT2D eigenvalue weighted by molar-refractivity contribution is -0.384. The fourth-order valence-corrected chi connectivity index (χ4v) is 3.18. The largest absolute Gasteiger partial charge is 0.327 e. The van der Waals surface area contributed by atoms with Crippen LogP contribution in [-0.2, 0) is 4.79 Å². The highest BCUT2D eigenvalue weighted by Gasteiger charge is 2.34. The van der Waals surface area contributed by atoms with Gasteiger partial charge in [-0.05, 0) is 31.0 Å². The van der Waals surface area contributed by atoms with Gasteiger partial charge in [0, 0.05) is 34.8 Å². The molecule has 9 heteroatoms. The normalized spacial score (nSPS) is 16.3. The molecular formula is C19H17ClN4O4. The second-order valence-electron chi connectivity index (χ2n) is 6.22. The molecule has 0 bridgehead atoms. The van der Waals surface area contributed by atoms with Crippen LogP contribution in [0.25, 0.3) is 0 Å². The molecule has 2 aromatic rings. The number of nitro benzene ring substituents is 1. The van der Waals surface area contributed by atoms with Gasteiger partial charge in [-0.3, -0.25) is 19.7 Å². The molecule has 0 aromatic heterocycles. The maximum atomic E-state index is 12.7. The summed E-state index contributed by atoms with van der Waals surface area (Å²) in [7, 11) is 0. The first-order valence-electron chi connectivity index (χ1n) is 8.60. The lowest BCUT2D eigenvalue weighted by atomic mass is 10.1. The number of hydrogen-bond donors (Lipinski definition) is 1. The second kappa shape index (κ2) is 8.62. The van der Waals surface area contributed by atoms with Gasteiger partial charge in [0.2, 0.25) is 0 Å². The van der Waals surface area contributed by atoms with Gasteiger partial charge in [0.1, 0.15) is 6.04 Å². The average Bonchev–Trinajstić information content (AvgIpc) is 3.19. The van der Waals surface area contributed by atoms with E-state index in [1.807, 2.05) is 0 Å². The van der Waals surface area contributed by atoms with Crippen molar-refractivity contribution in [1.82, 2.24) is 10.3 Å². The van der Waals surface area contributed by atoms with Gasteiger partial charge in [-0.25, -0.2) is 5.43 Å². The number of likely N-dealkylation sites (tertiary alicyclic amines) is 1. The van der Waals surface area contributed by atoms with Gasteiger partial charge < -0.3 is 4.90 Å². The minimum absolute atomic E-state index is 0.0961. The number of carbonyl (C=O) groups is 2. The molecular weight excluding hydrogens is 384 g/mol. The molecule has 2 aromatic carbocycles. The summed E-state index contributed by atoms with van der Waals surface area (Å²) < 4.78 is 0. The third-order valence-corrected chi connectivity index (χ3v) is 4.77. The molecule has 8 nitrogen and oxygen atoms in total. The maximum absolute atomic E-state index is 12.7. The third kappa shape index (κ3) is 4.34. The van der Waals surface area contributed by atoms with Crippen LogP contribution in [0.5, 0.6) is 0 Å². The molecule has 0 spiro atoms. The Labute approximate surface area is 165 Å². The molecule has 1 aliphatic heterocycles. The molecule has 1 aliphatic rings. The van der Waals surface area contributed by atoms with Crippen molar-refractivity contribution < 1.29 is 14.5 Å². The molecule has 0 saturated carbocycles. The van der Waals surface area contributed by atoms with Crippen LogP contribution in [0.15, 0.2) is 53.6 Å². The van der Waals surface area contributed by atoms with Crippen LogP contribution in [0.1, 0.15) is 28.8 Å². The SMILES string of the molecule is O=C(NN=Cc1ccccc1Cl)C1CCCN1C(=O)c1ccc([N+](=O)[O-])cc1. The predicted molar refractivity (Wildman–Crippen MR) is 104 cm³/mol. The van der Waals surface area contributed by atoms with Crippen molar-refractivity contribution >= 4 is 35.3 Å². The third-order valence-electron chi connectivity index (χ3n) is 4.42. The number of carbonyl (C=O) groups excluding carboxylic acids is 2. The number of halogens is 1. The van der Waals surface area contributed by atoms with Crippen LogP contribution in [0.3, 0.4) is 0 Å². The number of hydrazone groups is 1. The van der Waals surface area contributed by atoms with Crippen LogP contribution in [-0.4, -0.2) is 40.4 Å². The smallest absolute Gasteiger partial charge is 0.269 e. The lowest BCUT2D eigenvalue weighted by Crippen LogP contribution is -2.44. The Bertz CT molecular complexity index is 930. The van der Waals surface area contributed by atoms with E-state index in [9.17, 15) is 19.7 Å². The van der Waals surface area contributed by atoms with Crippen molar-refractivity contribution in [2.24, 2.45) is 5.10 Å². The number of nitrogens with one attached hydrogen (secondary N) is 1. The fraction of sp³-hybridized carbons (Fsp3) is 0.211. The van der Waals surface area contributed by atoms with Gasteiger partial charge in [-0.15, -0.1) is 0 Å². The van der Waals surface area contributed by atoms with Crippen molar-refractivity contribution in [3.8, 4) is 0 Å². The molecule has 1 heterocycles. The zero-order valence-corrected chi connectivity index (χ0v) is 15.5. The first-order valence-corrected chi connectivity index (χ1v) is 8.98. The van der Waals surface area contributed by atoms with Crippen molar-refractivity contribution in [2.75, 3.05) is 6.54 Å². The van der Waals surface area contributed by atoms with Crippen molar-refractivity contribution in [3.63, 3.8) is 0 Å². The van der Waals surface area contributed by atoms with Crippen molar-refractivity contribution in [3.05, 3.63) is 74.8 Å². The van der Waals surface area contributed by atoms with E-state index in [0.717, 1.165) is 0 Å². The van der Waals surface area contributed by atoms with E-state index in [0.29, 0.717) is 35.5 Å². The summed E-state index contributed by atoms with van der Waals surface area (Å²) in [6.07, 6.45) is 2.65. The highest BCUT2D eigenvalue weighted by molar-refractivity contribution is 6.33. The Balaban J connectivity index is 1.66. The molecule has 1 fully saturated rings. The van der Waals surface area contributed by atoms with E-state index < -0.39 is 16.9 Å². The zero-order valence-electron chi connectivity index (χ0n) is 14.7. The Kier molecular flexibility index (Phi) is 6.00. The molecule has 2 amide bonds. The molecule has 1 atom stereocenters. The molecule has 3 rings (SSSR count). The van der Waals surface area contributed by atoms with E-state index in [4.69, 9.17) is 11.6 Å². The van der Waals surface area contributed by atoms with Gasteiger partial charge >= 0.3 is 0 Å². The summed E-state index contributed by atoms with van der Waals surface area (Å²) in [4.78, 5) is 36.8. The lowest BCUT2D eigenvalue weighted by Gasteiger charge is -2.23. The van der Waals surface area contributed by atoms with E-state index in [1.165, 1.54) is 35.4 Å². The van der Waals surface area contributed by atoms with Crippen LogP contribution in [0.4, 0.5) is 5.69 Å². The van der Waals surface area contributed by atoms with Gasteiger partial charge in [-0.1, -0.05) is 29.8 Å². The summed E-state index contributed by atoms with van der Waals surface area (Å²) in [6, 6.07) is 11.7. The van der Waals surface area contributed by atoms with E-state index in [2.05, 4.69) is 10.5 Å². The van der Waals surface area contributed by atoms with Gasteiger partial charge in [0.15, 0.2) is 0 Å². The predicted octanol–water partition coefficient (Wildman–Crippen LogP) is 3.00. The molecule has 28 heavy (non-hydrogen) atoms. The Morgan fingerprint density at radius 3 is 2.61 bits per heavy atom. The monoisotopic (exact) mass is 400 g/mol. The second-order valence-corrected chi connectivity index (χ2v) is 6.62. The molecule has 144 valence electrons. The summed E-state index contributed by atoms with van der Waals surface area (Å²) in [6.45, 7) is 0.433. The Hall–Kier alpha value is -3.26. The van der Waals surface area contributed by atoms with Gasteiger partial charge in [0.25, 0.3) is 17.5 Å². The highest BCUT2D eigenvalue weighted by Crippen LogP contribution is 2.22. The van der Waals surface area contributed by atoms with Crippen LogP contribution in [0, 0.1) is 10.1 Å². The first-order chi connectivity index (χ1) is 13.5. The average molecular weight is 401 g/mol. The molecule has 1 N–H and O–H groups in total. The molecule has 1 saturated heterocycles. The number of amides is 2. The van der Waals surface area contributed by atoms with Crippen LogP contribution >= 0.6 is 11.6 Å². The molecule has 0 aliphatic carbocycles. The summed E-state index contributed by atoms with van der Waals surface area (Å²) >= 11 is 6.03. The standard InChI is InChI=1S/C19H17ClN4O4/c20-16-5-2-1-4-14(16)12-21-22-18(25)17-6-3-11-23(17)19(26)13-7-9-15(10-8-13)24(27)28/h1-2,4-5,7-10,12,17H,3,6,11H2,(H,22,25). The van der Waals surface area contributed by atoms with Crippen LogP contribution in [0.2, 0.25) is 5.02 Å². The summed E-state index contributed by atoms with van der Waals surface area (Å²) in [5, 5.41) is 15.2. The zero-order chi connectivity index (χ0) is 20.1. The quantitative estimate of drug-likeness (QED) is 0.473. The topological polar surface area (TPSA) is 105 Å². The number of benzene rings is 2. The Morgan fingerprint density at radius 2 is 1.93 bits per heavy atom. The molecule has 0 radical (unpaired) electrons. The number of nitro groups is 1. The number of rotatable bonds is 5. The minimum atomic E-state index is -0.647. The Morgan fingerprint density at radius 1 is 1.21 bits per heavy atom. The highest BCUT2D eigenvalue weighted by atomic mass is 35.5. The molecule has 1 unspecified atom stereocenters.